The van der Waals surface area contributed by atoms with Crippen molar-refractivity contribution in [3.63, 3.8) is 0 Å². The first-order valence-electron chi connectivity index (χ1n) is 6.92. The molecule has 1 saturated carbocycles. The Morgan fingerprint density at radius 2 is 1.89 bits per heavy atom. The minimum absolute atomic E-state index is 0.199. The second kappa shape index (κ2) is 4.41. The van der Waals surface area contributed by atoms with Gasteiger partial charge >= 0.3 is 6.09 Å². The van der Waals surface area contributed by atoms with Crippen molar-refractivity contribution >= 4 is 6.09 Å². The normalized spacial score (nSPS) is 30.7. The number of hydrogen-bond donors (Lipinski definition) is 1. The summed E-state index contributed by atoms with van der Waals surface area (Å²) in [6, 6.07) is 0. The SMILES string of the molecule is CC(C)(C)OC(=O)NC1(C2(C)CCCCO2)CC1. The van der Waals surface area contributed by atoms with Crippen LogP contribution < -0.4 is 5.32 Å². The van der Waals surface area contributed by atoms with Gasteiger partial charge in [-0.1, -0.05) is 0 Å². The molecule has 0 radical (unpaired) electrons. The van der Waals surface area contributed by atoms with Crippen molar-refractivity contribution in [1.29, 1.82) is 0 Å². The smallest absolute Gasteiger partial charge is 0.408 e. The van der Waals surface area contributed by atoms with Crippen molar-refractivity contribution in [3.05, 3.63) is 0 Å². The lowest BCUT2D eigenvalue weighted by atomic mass is 9.86. The van der Waals surface area contributed by atoms with E-state index in [1.165, 1.54) is 6.42 Å². The van der Waals surface area contributed by atoms with Gasteiger partial charge in [0.15, 0.2) is 0 Å². The molecule has 1 unspecified atom stereocenters. The van der Waals surface area contributed by atoms with Crippen molar-refractivity contribution in [1.82, 2.24) is 5.32 Å². The molecule has 0 aromatic rings. The predicted molar refractivity (Wildman–Crippen MR) is 69.5 cm³/mol. The molecule has 1 amide bonds. The highest BCUT2D eigenvalue weighted by Crippen LogP contribution is 2.50. The summed E-state index contributed by atoms with van der Waals surface area (Å²) in [5.74, 6) is 0. The van der Waals surface area contributed by atoms with Crippen molar-refractivity contribution < 1.29 is 14.3 Å². The Bertz CT molecular complexity index is 322. The minimum atomic E-state index is -0.450. The van der Waals surface area contributed by atoms with Gasteiger partial charge in [-0.25, -0.2) is 4.79 Å². The summed E-state index contributed by atoms with van der Waals surface area (Å²) in [5.41, 5.74) is -0.869. The number of alkyl carbamates (subject to hydrolysis) is 1. The molecule has 0 bridgehead atoms. The van der Waals surface area contributed by atoms with E-state index < -0.39 is 5.60 Å². The molecule has 4 heteroatoms. The lowest BCUT2D eigenvalue weighted by molar-refractivity contribution is -0.0968. The number of hydrogen-bond acceptors (Lipinski definition) is 3. The Kier molecular flexibility index (Phi) is 3.34. The predicted octanol–water partition coefficient (Wildman–Crippen LogP) is 3.00. The first-order chi connectivity index (χ1) is 8.27. The average molecular weight is 255 g/mol. The molecule has 104 valence electrons. The molecule has 1 saturated heterocycles. The van der Waals surface area contributed by atoms with E-state index in [0.29, 0.717) is 0 Å². The van der Waals surface area contributed by atoms with Gasteiger partial charge in [0.1, 0.15) is 5.60 Å². The van der Waals surface area contributed by atoms with Crippen LogP contribution in [-0.2, 0) is 9.47 Å². The molecule has 1 heterocycles. The number of carbonyl (C=O) groups excluding carboxylic acids is 1. The van der Waals surface area contributed by atoms with Gasteiger partial charge < -0.3 is 14.8 Å². The van der Waals surface area contributed by atoms with Gasteiger partial charge in [0, 0.05) is 6.61 Å². The van der Waals surface area contributed by atoms with Crippen LogP contribution in [0.4, 0.5) is 4.79 Å². The van der Waals surface area contributed by atoms with Crippen molar-refractivity contribution in [3.8, 4) is 0 Å². The Labute approximate surface area is 109 Å². The van der Waals surface area contributed by atoms with Crippen LogP contribution in [0.25, 0.3) is 0 Å². The first kappa shape index (κ1) is 13.7. The van der Waals surface area contributed by atoms with E-state index in [9.17, 15) is 4.79 Å². The van der Waals surface area contributed by atoms with E-state index in [2.05, 4.69) is 12.2 Å². The van der Waals surface area contributed by atoms with Crippen LogP contribution in [0.2, 0.25) is 0 Å². The molecule has 0 spiro atoms. The van der Waals surface area contributed by atoms with E-state index in [-0.39, 0.29) is 17.2 Å². The van der Waals surface area contributed by atoms with Crippen LogP contribution in [0.5, 0.6) is 0 Å². The zero-order valence-electron chi connectivity index (χ0n) is 12.0. The topological polar surface area (TPSA) is 47.6 Å². The zero-order chi connectivity index (χ0) is 13.4. The average Bonchev–Trinajstić information content (AvgIpc) is 2.97. The third kappa shape index (κ3) is 2.79. The minimum Gasteiger partial charge on any atom is -0.444 e. The maximum Gasteiger partial charge on any atom is 0.408 e. The zero-order valence-corrected chi connectivity index (χ0v) is 12.0. The van der Waals surface area contributed by atoms with E-state index in [0.717, 1.165) is 32.3 Å². The Hall–Kier alpha value is -0.770. The summed E-state index contributed by atoms with van der Waals surface area (Å²) in [5, 5.41) is 3.05. The molecule has 1 aliphatic carbocycles. The van der Waals surface area contributed by atoms with Crippen molar-refractivity contribution in [2.75, 3.05) is 6.61 Å². The van der Waals surface area contributed by atoms with Gasteiger partial charge in [0.05, 0.1) is 11.1 Å². The molecule has 1 N–H and O–H groups in total. The second-order valence-corrected chi connectivity index (χ2v) is 6.75. The fourth-order valence-corrected chi connectivity index (χ4v) is 2.72. The number of nitrogens with one attached hydrogen (secondary N) is 1. The molecule has 0 aromatic heterocycles. The highest BCUT2D eigenvalue weighted by molar-refractivity contribution is 5.69. The van der Waals surface area contributed by atoms with Crippen molar-refractivity contribution in [2.45, 2.75) is 76.5 Å². The summed E-state index contributed by atoms with van der Waals surface area (Å²) in [4.78, 5) is 11.9. The number of amides is 1. The van der Waals surface area contributed by atoms with E-state index in [1.54, 1.807) is 0 Å². The summed E-state index contributed by atoms with van der Waals surface area (Å²) in [6.07, 6.45) is 4.97. The lowest BCUT2D eigenvalue weighted by Gasteiger charge is -2.41. The van der Waals surface area contributed by atoms with Crippen LogP contribution in [-0.4, -0.2) is 29.4 Å². The number of carbonyl (C=O) groups is 1. The second-order valence-electron chi connectivity index (χ2n) is 6.75. The maximum absolute atomic E-state index is 11.9. The van der Waals surface area contributed by atoms with Gasteiger partial charge in [-0.3, -0.25) is 0 Å². The van der Waals surface area contributed by atoms with Gasteiger partial charge in [0.25, 0.3) is 0 Å². The van der Waals surface area contributed by atoms with Crippen LogP contribution in [0.1, 0.15) is 59.8 Å². The van der Waals surface area contributed by atoms with Crippen molar-refractivity contribution in [2.24, 2.45) is 0 Å². The quantitative estimate of drug-likeness (QED) is 0.825. The molecule has 4 nitrogen and oxygen atoms in total. The van der Waals surface area contributed by atoms with Crippen LogP contribution >= 0.6 is 0 Å². The molecule has 0 aromatic carbocycles. The van der Waals surface area contributed by atoms with E-state index >= 15 is 0 Å². The first-order valence-corrected chi connectivity index (χ1v) is 6.92. The molecule has 1 atom stereocenters. The molecule has 2 fully saturated rings. The Morgan fingerprint density at radius 3 is 2.33 bits per heavy atom. The summed E-state index contributed by atoms with van der Waals surface area (Å²) in [6.45, 7) is 8.56. The Morgan fingerprint density at radius 1 is 1.22 bits per heavy atom. The highest BCUT2D eigenvalue weighted by atomic mass is 16.6. The van der Waals surface area contributed by atoms with E-state index in [4.69, 9.17) is 9.47 Å². The monoisotopic (exact) mass is 255 g/mol. The molecule has 18 heavy (non-hydrogen) atoms. The third-order valence-electron chi connectivity index (χ3n) is 3.97. The maximum atomic E-state index is 11.9. The number of rotatable bonds is 2. The van der Waals surface area contributed by atoms with E-state index in [1.807, 2.05) is 20.8 Å². The fourth-order valence-electron chi connectivity index (χ4n) is 2.72. The third-order valence-corrected chi connectivity index (χ3v) is 3.97. The molecule has 2 aliphatic rings. The summed E-state index contributed by atoms with van der Waals surface area (Å²) < 4.78 is 11.3. The lowest BCUT2D eigenvalue weighted by Crippen LogP contribution is -2.56. The largest absolute Gasteiger partial charge is 0.444 e. The molecule has 1 aliphatic heterocycles. The highest BCUT2D eigenvalue weighted by Gasteiger charge is 2.59. The fraction of sp³-hybridized carbons (Fsp3) is 0.929. The Balaban J connectivity index is 1.97. The number of ether oxygens (including phenoxy) is 2. The molecular formula is C14H25NO3. The van der Waals surface area contributed by atoms with Crippen LogP contribution in [0.3, 0.4) is 0 Å². The van der Waals surface area contributed by atoms with Crippen LogP contribution in [0.15, 0.2) is 0 Å². The summed E-state index contributed by atoms with van der Waals surface area (Å²) >= 11 is 0. The standard InChI is InChI=1S/C14H25NO3/c1-12(2,3)18-11(16)15-14(8-9-14)13(4)7-5-6-10-17-13/h5-10H2,1-4H3,(H,15,16). The molecule has 2 rings (SSSR count). The van der Waals surface area contributed by atoms with Gasteiger partial charge in [-0.05, 0) is 59.8 Å². The summed E-state index contributed by atoms with van der Waals surface area (Å²) in [7, 11) is 0. The van der Waals surface area contributed by atoms with Gasteiger partial charge in [-0.2, -0.15) is 0 Å². The van der Waals surface area contributed by atoms with Gasteiger partial charge in [-0.15, -0.1) is 0 Å². The van der Waals surface area contributed by atoms with Gasteiger partial charge in [0.2, 0.25) is 0 Å². The van der Waals surface area contributed by atoms with Crippen LogP contribution in [0, 0.1) is 0 Å². The molecular weight excluding hydrogens is 230 g/mol.